The maximum absolute atomic E-state index is 5.64. The minimum atomic E-state index is 0. The van der Waals surface area contributed by atoms with Crippen LogP contribution >= 0.6 is 37.2 Å². The maximum atomic E-state index is 5.64. The summed E-state index contributed by atoms with van der Waals surface area (Å²) in [5.41, 5.74) is 8.34. The zero-order chi connectivity index (χ0) is 21.9. The van der Waals surface area contributed by atoms with E-state index in [4.69, 9.17) is 15.2 Å². The Morgan fingerprint density at radius 1 is 0.735 bits per heavy atom. The molecule has 1 saturated heterocycles. The number of halogens is 3. The van der Waals surface area contributed by atoms with Gasteiger partial charge in [-0.1, -0.05) is 12.8 Å². The molecule has 2 aromatic rings. The average molecular weight is 536 g/mol. The first kappa shape index (κ1) is 32.6. The molecular weight excluding hydrogens is 493 g/mol. The molecule has 3 rings (SSSR count). The van der Waals surface area contributed by atoms with Crippen molar-refractivity contribution in [2.45, 2.75) is 38.6 Å². The lowest BCUT2D eigenvalue weighted by Gasteiger charge is -2.46. The highest BCUT2D eigenvalue weighted by molar-refractivity contribution is 5.86. The molecule has 1 aliphatic rings. The molecule has 194 valence electrons. The largest absolute Gasteiger partial charge is 0.497 e. The first-order valence-corrected chi connectivity index (χ1v) is 11.8. The Balaban J connectivity index is 0.00000363. The fourth-order valence-corrected chi connectivity index (χ4v) is 4.64. The molecule has 0 aliphatic carbocycles. The molecule has 8 heteroatoms. The minimum Gasteiger partial charge on any atom is -0.497 e. The van der Waals surface area contributed by atoms with Crippen LogP contribution in [0, 0.1) is 0 Å². The number of hydrogen-bond acceptors (Lipinski definition) is 4. The van der Waals surface area contributed by atoms with Crippen LogP contribution in [0.15, 0.2) is 48.5 Å². The highest BCUT2D eigenvalue weighted by atomic mass is 35.5. The van der Waals surface area contributed by atoms with Crippen molar-refractivity contribution < 1.29 is 14.0 Å². The van der Waals surface area contributed by atoms with Crippen LogP contribution < -0.4 is 20.1 Å². The molecule has 2 aromatic carbocycles. The Hall–Kier alpha value is -1.37. The zero-order valence-electron chi connectivity index (χ0n) is 20.6. The van der Waals surface area contributed by atoms with Gasteiger partial charge in [-0.3, -0.25) is 0 Å². The second kappa shape index (κ2) is 17.1. The zero-order valence-corrected chi connectivity index (χ0v) is 23.1. The van der Waals surface area contributed by atoms with Gasteiger partial charge in [-0.2, -0.15) is 0 Å². The van der Waals surface area contributed by atoms with E-state index in [-0.39, 0.29) is 37.2 Å². The second-order valence-corrected chi connectivity index (χ2v) is 8.76. The summed E-state index contributed by atoms with van der Waals surface area (Å²) in [6.07, 6.45) is 6.33. The molecule has 0 saturated carbocycles. The smallest absolute Gasteiger partial charge is 0.119 e. The molecule has 0 unspecified atom stereocenters. The molecule has 1 heterocycles. The summed E-state index contributed by atoms with van der Waals surface area (Å²) in [6.45, 7) is 7.72. The average Bonchev–Trinajstić information content (AvgIpc) is 2.82. The molecule has 0 spiro atoms. The Morgan fingerprint density at radius 3 is 1.76 bits per heavy atom. The summed E-state index contributed by atoms with van der Waals surface area (Å²) >= 11 is 0. The summed E-state index contributed by atoms with van der Waals surface area (Å²) in [5, 5.41) is 0. The van der Waals surface area contributed by atoms with E-state index in [9.17, 15) is 0 Å². The number of ether oxygens (including phenoxy) is 2. The summed E-state index contributed by atoms with van der Waals surface area (Å²) in [4.78, 5) is 2.52. The monoisotopic (exact) mass is 534 g/mol. The van der Waals surface area contributed by atoms with E-state index in [1.165, 1.54) is 61.1 Å². The number of hydrogen-bond donors (Lipinski definition) is 1. The van der Waals surface area contributed by atoms with Crippen molar-refractivity contribution in [2.75, 3.05) is 58.4 Å². The second-order valence-electron chi connectivity index (χ2n) is 8.76. The van der Waals surface area contributed by atoms with E-state index in [0.29, 0.717) is 0 Å². The van der Waals surface area contributed by atoms with E-state index in [0.717, 1.165) is 44.1 Å². The van der Waals surface area contributed by atoms with Crippen LogP contribution in [-0.2, 0) is 6.54 Å². The number of nitrogens with zero attached hydrogens (tertiary/aromatic N) is 2. The van der Waals surface area contributed by atoms with Crippen molar-refractivity contribution in [3.05, 3.63) is 54.1 Å². The van der Waals surface area contributed by atoms with Gasteiger partial charge in [0.25, 0.3) is 0 Å². The van der Waals surface area contributed by atoms with Gasteiger partial charge in [0.2, 0.25) is 0 Å². The number of piperazine rings is 1. The quantitative estimate of drug-likeness (QED) is 0.279. The van der Waals surface area contributed by atoms with E-state index in [2.05, 4.69) is 53.4 Å². The van der Waals surface area contributed by atoms with E-state index in [1.54, 1.807) is 14.2 Å². The predicted molar refractivity (Wildman–Crippen MR) is 151 cm³/mol. The fraction of sp³-hybridized carbons (Fsp3) is 0.538. The third kappa shape index (κ3) is 9.71. The van der Waals surface area contributed by atoms with E-state index < -0.39 is 0 Å². The first-order chi connectivity index (χ1) is 15.2. The standard InChI is InChI=1S/C26H40N3O2.3ClH/c1-30-25-12-8-23(9-13-25)22-29(19-7-5-3-4-6-16-27)20-17-28(18-21-29)24-10-14-26(31-2)15-11-24;;;/h8-15H,3-7,16-22,27H2,1-2H3;3*1H/q+1;;;. The van der Waals surface area contributed by atoms with Crippen LogP contribution in [0.2, 0.25) is 0 Å². The van der Waals surface area contributed by atoms with Gasteiger partial charge in [0.1, 0.15) is 18.0 Å². The van der Waals surface area contributed by atoms with Gasteiger partial charge in [-0.15, -0.1) is 37.2 Å². The van der Waals surface area contributed by atoms with Crippen molar-refractivity contribution in [1.82, 2.24) is 0 Å². The molecule has 0 radical (unpaired) electrons. The molecule has 0 bridgehead atoms. The van der Waals surface area contributed by atoms with Gasteiger partial charge in [0.05, 0.1) is 46.9 Å². The molecule has 34 heavy (non-hydrogen) atoms. The molecule has 0 aromatic heterocycles. The van der Waals surface area contributed by atoms with Crippen LogP contribution in [0.3, 0.4) is 0 Å². The third-order valence-corrected chi connectivity index (χ3v) is 6.64. The molecule has 0 atom stereocenters. The number of unbranched alkanes of at least 4 members (excludes halogenated alkanes) is 4. The molecule has 1 fully saturated rings. The van der Waals surface area contributed by atoms with E-state index in [1.807, 2.05) is 0 Å². The molecule has 2 N–H and O–H groups in total. The van der Waals surface area contributed by atoms with Gasteiger partial charge in [0, 0.05) is 11.3 Å². The Kier molecular flexibility index (Phi) is 16.4. The van der Waals surface area contributed by atoms with Crippen LogP contribution in [-0.4, -0.2) is 58.0 Å². The Morgan fingerprint density at radius 2 is 1.24 bits per heavy atom. The summed E-state index contributed by atoms with van der Waals surface area (Å²) < 4.78 is 11.8. The lowest BCUT2D eigenvalue weighted by Crippen LogP contribution is -2.59. The third-order valence-electron chi connectivity index (χ3n) is 6.64. The van der Waals surface area contributed by atoms with Crippen LogP contribution in [0.1, 0.15) is 37.7 Å². The van der Waals surface area contributed by atoms with Crippen molar-refractivity contribution in [2.24, 2.45) is 5.73 Å². The summed E-state index contributed by atoms with van der Waals surface area (Å²) in [5.74, 6) is 1.85. The van der Waals surface area contributed by atoms with Gasteiger partial charge in [-0.25, -0.2) is 0 Å². The number of benzene rings is 2. The highest BCUT2D eigenvalue weighted by Crippen LogP contribution is 2.26. The van der Waals surface area contributed by atoms with Gasteiger partial charge in [-0.05, 0) is 74.3 Å². The summed E-state index contributed by atoms with van der Waals surface area (Å²) in [7, 11) is 3.45. The lowest BCUT2D eigenvalue weighted by atomic mass is 10.1. The molecule has 1 aliphatic heterocycles. The van der Waals surface area contributed by atoms with Crippen LogP contribution in [0.5, 0.6) is 11.5 Å². The summed E-state index contributed by atoms with van der Waals surface area (Å²) in [6, 6.07) is 17.1. The molecular formula is C26H43Cl3N3O2+. The van der Waals surface area contributed by atoms with Gasteiger partial charge >= 0.3 is 0 Å². The van der Waals surface area contributed by atoms with Crippen molar-refractivity contribution in [3.8, 4) is 11.5 Å². The van der Waals surface area contributed by atoms with E-state index >= 15 is 0 Å². The number of nitrogens with two attached hydrogens (primary N) is 1. The molecule has 0 amide bonds. The number of methoxy groups -OCH3 is 2. The Labute approximate surface area is 224 Å². The Bertz CT molecular complexity index is 768. The fourth-order valence-electron chi connectivity index (χ4n) is 4.64. The van der Waals surface area contributed by atoms with Crippen molar-refractivity contribution >= 4 is 42.9 Å². The normalized spacial score (nSPS) is 14.3. The highest BCUT2D eigenvalue weighted by Gasteiger charge is 2.33. The van der Waals surface area contributed by atoms with Gasteiger partial charge in [0.15, 0.2) is 0 Å². The number of quaternary nitrogens is 1. The topological polar surface area (TPSA) is 47.7 Å². The number of anilines is 1. The minimum absolute atomic E-state index is 0. The van der Waals surface area contributed by atoms with Crippen LogP contribution in [0.4, 0.5) is 5.69 Å². The van der Waals surface area contributed by atoms with Gasteiger partial charge < -0.3 is 24.6 Å². The van der Waals surface area contributed by atoms with Crippen molar-refractivity contribution in [1.29, 1.82) is 0 Å². The van der Waals surface area contributed by atoms with Crippen LogP contribution in [0.25, 0.3) is 0 Å². The molecule has 5 nitrogen and oxygen atoms in total. The number of rotatable bonds is 12. The SMILES string of the molecule is COc1ccc(C[N+]2(CCCCCCCN)CCN(c3ccc(OC)cc3)CC2)cc1.Cl.Cl.Cl. The van der Waals surface area contributed by atoms with Crippen molar-refractivity contribution in [3.63, 3.8) is 0 Å². The lowest BCUT2D eigenvalue weighted by molar-refractivity contribution is -0.941. The maximum Gasteiger partial charge on any atom is 0.119 e. The predicted octanol–water partition coefficient (Wildman–Crippen LogP) is 5.72. The first-order valence-electron chi connectivity index (χ1n) is 11.8.